The Kier molecular flexibility index (Phi) is 6.16. The van der Waals surface area contributed by atoms with Crippen molar-refractivity contribution >= 4 is 45.2 Å². The first-order valence-corrected chi connectivity index (χ1v) is 9.67. The van der Waals surface area contributed by atoms with Gasteiger partial charge in [0.25, 0.3) is 5.91 Å². The van der Waals surface area contributed by atoms with Gasteiger partial charge in [-0.3, -0.25) is 14.8 Å². The number of nitrogens with one attached hydrogen (secondary N) is 2. The maximum absolute atomic E-state index is 12.4. The fraction of sp³-hybridized carbons (Fsp3) is 0.150. The van der Waals surface area contributed by atoms with Crippen molar-refractivity contribution in [2.24, 2.45) is 0 Å². The Morgan fingerprint density at radius 1 is 1.14 bits per heavy atom. The molecular formula is C20H18BrClN4O2. The van der Waals surface area contributed by atoms with Crippen LogP contribution in [0.3, 0.4) is 0 Å². The average molecular weight is 462 g/mol. The third-order valence-corrected chi connectivity index (χ3v) is 5.54. The van der Waals surface area contributed by atoms with Gasteiger partial charge in [0.2, 0.25) is 0 Å². The molecule has 0 bridgehead atoms. The lowest BCUT2D eigenvalue weighted by molar-refractivity contribution is 0.0967. The lowest BCUT2D eigenvalue weighted by Gasteiger charge is -2.09. The van der Waals surface area contributed by atoms with Crippen molar-refractivity contribution in [2.45, 2.75) is 20.4 Å². The summed E-state index contributed by atoms with van der Waals surface area (Å²) in [6.07, 6.45) is 0. The molecule has 144 valence electrons. The number of urea groups is 1. The number of benzene rings is 2. The van der Waals surface area contributed by atoms with Crippen molar-refractivity contribution in [3.63, 3.8) is 0 Å². The van der Waals surface area contributed by atoms with Crippen molar-refractivity contribution in [3.05, 3.63) is 80.5 Å². The smallest absolute Gasteiger partial charge is 0.308 e. The van der Waals surface area contributed by atoms with Crippen LogP contribution in [0.4, 0.5) is 10.5 Å². The molecule has 0 unspecified atom stereocenters. The molecule has 1 aromatic heterocycles. The van der Waals surface area contributed by atoms with E-state index in [0.29, 0.717) is 22.8 Å². The molecule has 8 heteroatoms. The summed E-state index contributed by atoms with van der Waals surface area (Å²) >= 11 is 9.32. The van der Waals surface area contributed by atoms with Crippen LogP contribution in [0.5, 0.6) is 0 Å². The van der Waals surface area contributed by atoms with Crippen LogP contribution in [-0.4, -0.2) is 21.7 Å². The monoisotopic (exact) mass is 460 g/mol. The number of aryl methyl sites for hydroxylation is 1. The van der Waals surface area contributed by atoms with E-state index in [9.17, 15) is 9.59 Å². The van der Waals surface area contributed by atoms with E-state index >= 15 is 0 Å². The van der Waals surface area contributed by atoms with E-state index in [1.807, 2.05) is 24.6 Å². The lowest BCUT2D eigenvalue weighted by atomic mass is 10.1. The Morgan fingerprint density at radius 2 is 1.86 bits per heavy atom. The molecule has 1 heterocycles. The number of nitrogens with zero attached hydrogens (tertiary/aromatic N) is 2. The van der Waals surface area contributed by atoms with E-state index in [-0.39, 0.29) is 0 Å². The van der Waals surface area contributed by atoms with E-state index in [4.69, 9.17) is 11.6 Å². The summed E-state index contributed by atoms with van der Waals surface area (Å²) in [7, 11) is 0. The second-order valence-electron chi connectivity index (χ2n) is 6.26. The predicted octanol–water partition coefficient (Wildman–Crippen LogP) is 4.93. The Labute approximate surface area is 176 Å². The minimum Gasteiger partial charge on any atom is -0.308 e. The molecule has 0 aliphatic carbocycles. The van der Waals surface area contributed by atoms with Crippen LogP contribution in [0, 0.1) is 13.8 Å². The molecule has 3 rings (SSSR count). The van der Waals surface area contributed by atoms with Gasteiger partial charge < -0.3 is 5.32 Å². The van der Waals surface area contributed by atoms with Crippen molar-refractivity contribution in [3.8, 4) is 0 Å². The van der Waals surface area contributed by atoms with Gasteiger partial charge in [-0.15, -0.1) is 0 Å². The number of imide groups is 1. The molecule has 2 aromatic carbocycles. The molecule has 3 amide bonds. The highest BCUT2D eigenvalue weighted by Crippen LogP contribution is 2.21. The van der Waals surface area contributed by atoms with E-state index in [1.54, 1.807) is 42.5 Å². The van der Waals surface area contributed by atoms with Crippen LogP contribution in [0.15, 0.2) is 53.0 Å². The molecule has 0 aliphatic rings. The number of hydrogen-bond acceptors (Lipinski definition) is 3. The highest BCUT2D eigenvalue weighted by Gasteiger charge is 2.13. The lowest BCUT2D eigenvalue weighted by Crippen LogP contribution is -2.34. The molecule has 0 saturated carbocycles. The topological polar surface area (TPSA) is 76.0 Å². The summed E-state index contributed by atoms with van der Waals surface area (Å²) in [5, 5.41) is 9.96. The number of rotatable bonds is 4. The molecule has 0 saturated heterocycles. The van der Waals surface area contributed by atoms with E-state index in [2.05, 4.69) is 31.7 Å². The number of carbonyl (C=O) groups excluding carboxylic acids is 2. The Morgan fingerprint density at radius 3 is 2.50 bits per heavy atom. The molecule has 0 radical (unpaired) electrons. The summed E-state index contributed by atoms with van der Waals surface area (Å²) < 4.78 is 2.84. The number of carbonyl (C=O) groups is 2. The van der Waals surface area contributed by atoms with Crippen LogP contribution < -0.4 is 10.6 Å². The Bertz CT molecular complexity index is 1030. The number of amides is 3. The molecular weight excluding hydrogens is 444 g/mol. The van der Waals surface area contributed by atoms with Gasteiger partial charge in [0.05, 0.1) is 22.4 Å². The SMILES string of the molecule is Cc1nn(Cc2cccc(C(=O)NC(=O)Nc3ccc(Cl)cc3)c2)c(C)c1Br. The number of aromatic nitrogens is 2. The van der Waals surface area contributed by atoms with Crippen molar-refractivity contribution < 1.29 is 9.59 Å². The molecule has 28 heavy (non-hydrogen) atoms. The zero-order valence-corrected chi connectivity index (χ0v) is 17.6. The molecule has 3 aromatic rings. The molecule has 2 N–H and O–H groups in total. The Balaban J connectivity index is 1.67. The highest BCUT2D eigenvalue weighted by molar-refractivity contribution is 9.10. The second-order valence-corrected chi connectivity index (χ2v) is 7.49. The zero-order valence-electron chi connectivity index (χ0n) is 15.3. The quantitative estimate of drug-likeness (QED) is 0.579. The highest BCUT2D eigenvalue weighted by atomic mass is 79.9. The van der Waals surface area contributed by atoms with Gasteiger partial charge in [-0.2, -0.15) is 5.10 Å². The van der Waals surface area contributed by atoms with Gasteiger partial charge in [-0.1, -0.05) is 23.7 Å². The third-order valence-electron chi connectivity index (χ3n) is 4.14. The van der Waals surface area contributed by atoms with Crippen LogP contribution >= 0.6 is 27.5 Å². The van der Waals surface area contributed by atoms with Crippen molar-refractivity contribution in [1.82, 2.24) is 15.1 Å². The maximum atomic E-state index is 12.4. The second kappa shape index (κ2) is 8.58. The standard InChI is InChI=1S/C20H18BrClN4O2/c1-12-18(21)13(2)26(25-12)11-14-4-3-5-15(10-14)19(27)24-20(28)23-17-8-6-16(22)7-9-17/h3-10H,11H2,1-2H3,(H2,23,24,27,28). The maximum Gasteiger partial charge on any atom is 0.326 e. The summed E-state index contributed by atoms with van der Waals surface area (Å²) in [6.45, 7) is 4.43. The van der Waals surface area contributed by atoms with Crippen molar-refractivity contribution in [2.75, 3.05) is 5.32 Å². The number of anilines is 1. The van der Waals surface area contributed by atoms with Gasteiger partial charge in [0, 0.05) is 16.3 Å². The normalized spacial score (nSPS) is 10.6. The first kappa shape index (κ1) is 20.1. The van der Waals surface area contributed by atoms with E-state index < -0.39 is 11.9 Å². The van der Waals surface area contributed by atoms with Gasteiger partial charge in [0.1, 0.15) is 0 Å². The predicted molar refractivity (Wildman–Crippen MR) is 113 cm³/mol. The van der Waals surface area contributed by atoms with E-state index in [1.165, 1.54) is 0 Å². The van der Waals surface area contributed by atoms with Gasteiger partial charge in [-0.25, -0.2) is 4.79 Å². The van der Waals surface area contributed by atoms with Gasteiger partial charge in [-0.05, 0) is 71.7 Å². The van der Waals surface area contributed by atoms with Crippen LogP contribution in [0.1, 0.15) is 27.3 Å². The fourth-order valence-corrected chi connectivity index (χ4v) is 3.09. The van der Waals surface area contributed by atoms with Crippen LogP contribution in [-0.2, 0) is 6.54 Å². The summed E-state index contributed by atoms with van der Waals surface area (Å²) in [5.74, 6) is -0.483. The summed E-state index contributed by atoms with van der Waals surface area (Å²) in [6, 6.07) is 13.1. The summed E-state index contributed by atoms with van der Waals surface area (Å²) in [5.41, 5.74) is 3.76. The first-order valence-electron chi connectivity index (χ1n) is 8.50. The van der Waals surface area contributed by atoms with Crippen molar-refractivity contribution in [1.29, 1.82) is 0 Å². The largest absolute Gasteiger partial charge is 0.326 e. The number of hydrogen-bond donors (Lipinski definition) is 2. The third kappa shape index (κ3) is 4.79. The fourth-order valence-electron chi connectivity index (χ4n) is 2.68. The van der Waals surface area contributed by atoms with Gasteiger partial charge in [0.15, 0.2) is 0 Å². The van der Waals surface area contributed by atoms with E-state index in [0.717, 1.165) is 21.4 Å². The summed E-state index contributed by atoms with van der Waals surface area (Å²) in [4.78, 5) is 24.5. The minimum atomic E-state index is -0.611. The molecule has 0 spiro atoms. The average Bonchev–Trinajstić information content (AvgIpc) is 2.90. The number of halogens is 2. The molecule has 0 fully saturated rings. The van der Waals surface area contributed by atoms with Crippen LogP contribution in [0.25, 0.3) is 0 Å². The molecule has 0 atom stereocenters. The van der Waals surface area contributed by atoms with Gasteiger partial charge >= 0.3 is 6.03 Å². The zero-order chi connectivity index (χ0) is 20.3. The first-order chi connectivity index (χ1) is 13.3. The molecule has 0 aliphatic heterocycles. The minimum absolute atomic E-state index is 0.393. The van der Waals surface area contributed by atoms with Crippen LogP contribution in [0.2, 0.25) is 5.02 Å². The Hall–Kier alpha value is -2.64. The molecule has 6 nitrogen and oxygen atoms in total.